The zero-order chi connectivity index (χ0) is 12.5. The van der Waals surface area contributed by atoms with Gasteiger partial charge in [-0.1, -0.05) is 13.8 Å². The van der Waals surface area contributed by atoms with Gasteiger partial charge in [0.2, 0.25) is 0 Å². The van der Waals surface area contributed by atoms with Crippen LogP contribution in [-0.2, 0) is 0 Å². The highest BCUT2D eigenvalue weighted by atomic mass is 16.5. The van der Waals surface area contributed by atoms with Crippen LogP contribution in [0.5, 0.6) is 11.5 Å². The van der Waals surface area contributed by atoms with Crippen LogP contribution in [0.2, 0.25) is 0 Å². The Morgan fingerprint density at radius 2 is 2.12 bits per heavy atom. The monoisotopic (exact) mass is 236 g/mol. The number of hydrogen-bond acceptors (Lipinski definition) is 3. The molecule has 0 bridgehead atoms. The Morgan fingerprint density at radius 3 is 2.71 bits per heavy atom. The summed E-state index contributed by atoms with van der Waals surface area (Å²) in [4.78, 5) is 0. The summed E-state index contributed by atoms with van der Waals surface area (Å²) in [6.07, 6.45) is 2.01. The fraction of sp³-hybridized carbons (Fsp3) is 0.571. The van der Waals surface area contributed by atoms with Crippen LogP contribution in [0.15, 0.2) is 18.2 Å². The molecule has 0 amide bonds. The maximum absolute atomic E-state index is 10.2. The second-order valence-corrected chi connectivity index (χ2v) is 4.62. The quantitative estimate of drug-likeness (QED) is 0.876. The average Bonchev–Trinajstić information content (AvgIpc) is 2.38. The van der Waals surface area contributed by atoms with Crippen molar-refractivity contribution in [2.24, 2.45) is 0 Å². The molecule has 0 radical (unpaired) electrons. The standard InChI is InChI=1S/C14H20O3/c1-4-14(5-2)9-12(15)11-8-10(16-3)6-7-13(11)17-14/h6-8,12,15H,4-5,9H2,1-3H3/t12-/m0/s1. The second-order valence-electron chi connectivity index (χ2n) is 4.62. The van der Waals surface area contributed by atoms with Crippen molar-refractivity contribution in [1.82, 2.24) is 0 Å². The fourth-order valence-electron chi connectivity index (χ4n) is 2.43. The molecule has 0 aromatic heterocycles. The summed E-state index contributed by atoms with van der Waals surface area (Å²) >= 11 is 0. The van der Waals surface area contributed by atoms with Gasteiger partial charge in [-0.3, -0.25) is 0 Å². The Balaban J connectivity index is 2.37. The van der Waals surface area contributed by atoms with Crippen molar-refractivity contribution < 1.29 is 14.6 Å². The number of aliphatic hydroxyl groups excluding tert-OH is 1. The number of methoxy groups -OCH3 is 1. The van der Waals surface area contributed by atoms with E-state index in [1.165, 1.54) is 0 Å². The molecule has 3 nitrogen and oxygen atoms in total. The zero-order valence-corrected chi connectivity index (χ0v) is 10.7. The van der Waals surface area contributed by atoms with Gasteiger partial charge in [-0.2, -0.15) is 0 Å². The molecule has 1 atom stereocenters. The lowest BCUT2D eigenvalue weighted by Crippen LogP contribution is -2.39. The molecular formula is C14H20O3. The van der Waals surface area contributed by atoms with Gasteiger partial charge in [0.15, 0.2) is 0 Å². The van der Waals surface area contributed by atoms with Gasteiger partial charge in [0.05, 0.1) is 13.2 Å². The van der Waals surface area contributed by atoms with Crippen LogP contribution < -0.4 is 9.47 Å². The van der Waals surface area contributed by atoms with Crippen molar-refractivity contribution >= 4 is 0 Å². The molecule has 0 saturated carbocycles. The van der Waals surface area contributed by atoms with E-state index in [2.05, 4.69) is 13.8 Å². The Hall–Kier alpha value is -1.22. The molecule has 1 heterocycles. The van der Waals surface area contributed by atoms with E-state index in [1.54, 1.807) is 7.11 Å². The Morgan fingerprint density at radius 1 is 1.41 bits per heavy atom. The Kier molecular flexibility index (Phi) is 3.29. The number of aliphatic hydroxyl groups is 1. The van der Waals surface area contributed by atoms with Crippen LogP contribution in [-0.4, -0.2) is 17.8 Å². The van der Waals surface area contributed by atoms with Gasteiger partial charge in [0, 0.05) is 12.0 Å². The van der Waals surface area contributed by atoms with Crippen LogP contribution in [0.4, 0.5) is 0 Å². The first-order valence-corrected chi connectivity index (χ1v) is 6.19. The van der Waals surface area contributed by atoms with Crippen molar-refractivity contribution in [1.29, 1.82) is 0 Å². The van der Waals surface area contributed by atoms with Crippen LogP contribution in [0.3, 0.4) is 0 Å². The summed E-state index contributed by atoms with van der Waals surface area (Å²) in [5.74, 6) is 1.54. The molecule has 1 aliphatic heterocycles. The smallest absolute Gasteiger partial charge is 0.126 e. The van der Waals surface area contributed by atoms with Gasteiger partial charge in [0.1, 0.15) is 17.1 Å². The van der Waals surface area contributed by atoms with Gasteiger partial charge in [-0.15, -0.1) is 0 Å². The van der Waals surface area contributed by atoms with Crippen molar-refractivity contribution in [3.63, 3.8) is 0 Å². The summed E-state index contributed by atoms with van der Waals surface area (Å²) in [5, 5.41) is 10.2. The molecule has 0 aliphatic carbocycles. The van der Waals surface area contributed by atoms with E-state index < -0.39 is 6.10 Å². The summed E-state index contributed by atoms with van der Waals surface area (Å²) < 4.78 is 11.2. The molecule has 0 fully saturated rings. The van der Waals surface area contributed by atoms with Crippen molar-refractivity contribution in [3.8, 4) is 11.5 Å². The van der Waals surface area contributed by atoms with Crippen LogP contribution in [0.1, 0.15) is 44.8 Å². The SMILES string of the molecule is CCC1(CC)C[C@H](O)c2cc(OC)ccc2O1. The van der Waals surface area contributed by atoms with Crippen LogP contribution in [0.25, 0.3) is 0 Å². The molecule has 0 spiro atoms. The Bertz CT molecular complexity index is 396. The van der Waals surface area contributed by atoms with E-state index in [4.69, 9.17) is 9.47 Å². The third-order valence-electron chi connectivity index (χ3n) is 3.76. The lowest BCUT2D eigenvalue weighted by molar-refractivity contribution is -0.0197. The first-order chi connectivity index (χ1) is 8.14. The highest BCUT2D eigenvalue weighted by molar-refractivity contribution is 5.43. The number of hydrogen-bond donors (Lipinski definition) is 1. The maximum atomic E-state index is 10.2. The first kappa shape index (κ1) is 12.2. The van der Waals surface area contributed by atoms with Gasteiger partial charge < -0.3 is 14.6 Å². The van der Waals surface area contributed by atoms with E-state index in [0.29, 0.717) is 6.42 Å². The maximum Gasteiger partial charge on any atom is 0.126 e. The topological polar surface area (TPSA) is 38.7 Å². The first-order valence-electron chi connectivity index (χ1n) is 6.19. The molecule has 2 rings (SSSR count). The summed E-state index contributed by atoms with van der Waals surface area (Å²) in [7, 11) is 1.63. The highest BCUT2D eigenvalue weighted by Crippen LogP contribution is 2.43. The minimum atomic E-state index is -0.464. The van der Waals surface area contributed by atoms with Crippen LogP contribution >= 0.6 is 0 Å². The van der Waals surface area contributed by atoms with Crippen LogP contribution in [0, 0.1) is 0 Å². The third kappa shape index (κ3) is 2.12. The number of ether oxygens (including phenoxy) is 2. The summed E-state index contributed by atoms with van der Waals surface area (Å²) in [6, 6.07) is 5.61. The molecule has 3 heteroatoms. The molecule has 17 heavy (non-hydrogen) atoms. The van der Waals surface area contributed by atoms with Crippen molar-refractivity contribution in [2.45, 2.75) is 44.8 Å². The number of fused-ring (bicyclic) bond motifs is 1. The number of rotatable bonds is 3. The minimum absolute atomic E-state index is 0.221. The predicted octanol–water partition coefficient (Wildman–Crippen LogP) is 3.07. The van der Waals surface area contributed by atoms with Crippen molar-refractivity contribution in [3.05, 3.63) is 23.8 Å². The van der Waals surface area contributed by atoms with E-state index in [0.717, 1.165) is 29.9 Å². The molecule has 94 valence electrons. The molecule has 0 unspecified atom stereocenters. The third-order valence-corrected chi connectivity index (χ3v) is 3.76. The fourth-order valence-corrected chi connectivity index (χ4v) is 2.43. The second kappa shape index (κ2) is 4.57. The van der Waals surface area contributed by atoms with E-state index in [-0.39, 0.29) is 5.60 Å². The van der Waals surface area contributed by atoms with E-state index in [9.17, 15) is 5.11 Å². The highest BCUT2D eigenvalue weighted by Gasteiger charge is 2.37. The largest absolute Gasteiger partial charge is 0.497 e. The molecular weight excluding hydrogens is 216 g/mol. The van der Waals surface area contributed by atoms with Gasteiger partial charge in [0.25, 0.3) is 0 Å². The van der Waals surface area contributed by atoms with E-state index in [1.807, 2.05) is 18.2 Å². The molecule has 0 saturated heterocycles. The molecule has 1 aromatic carbocycles. The van der Waals surface area contributed by atoms with Crippen molar-refractivity contribution in [2.75, 3.05) is 7.11 Å². The minimum Gasteiger partial charge on any atom is -0.497 e. The molecule has 1 N–H and O–H groups in total. The lowest BCUT2D eigenvalue weighted by Gasteiger charge is -2.39. The summed E-state index contributed by atoms with van der Waals surface area (Å²) in [5.41, 5.74) is 0.614. The molecule has 1 aliphatic rings. The van der Waals surface area contributed by atoms with E-state index >= 15 is 0 Å². The van der Waals surface area contributed by atoms with Gasteiger partial charge in [-0.25, -0.2) is 0 Å². The average molecular weight is 236 g/mol. The summed E-state index contributed by atoms with van der Waals surface area (Å²) in [6.45, 7) is 4.20. The van der Waals surface area contributed by atoms with Gasteiger partial charge in [-0.05, 0) is 31.0 Å². The van der Waals surface area contributed by atoms with Gasteiger partial charge >= 0.3 is 0 Å². The zero-order valence-electron chi connectivity index (χ0n) is 10.7. The normalized spacial score (nSPS) is 21.5. The lowest BCUT2D eigenvalue weighted by atomic mass is 9.85. The Labute approximate surface area is 102 Å². The molecule has 1 aromatic rings. The predicted molar refractivity (Wildman–Crippen MR) is 66.5 cm³/mol. The number of benzene rings is 1.